The van der Waals surface area contributed by atoms with Gasteiger partial charge in [0.05, 0.1) is 0 Å². The first-order valence-corrected chi connectivity index (χ1v) is 8.97. The molecule has 0 N–H and O–H groups in total. The van der Waals surface area contributed by atoms with E-state index in [9.17, 15) is 19.8 Å². The fraction of sp³-hybridized carbons (Fsp3) is 0.727. The molecule has 0 heterocycles. The Labute approximate surface area is 182 Å². The quantitative estimate of drug-likeness (QED) is 0.411. The molecule has 0 saturated carbocycles. The Morgan fingerprint density at radius 2 is 0.704 bits per heavy atom. The summed E-state index contributed by atoms with van der Waals surface area (Å²) < 4.78 is 0. The number of rotatable bonds is 2. The SMILES string of the molecule is CC(C)(C)C(=O)/C=C(/[O-])C(C)(C)C.CC(C)(C)C(=O)/C=C(\[O-])C(C)(C)C.[Mg+2]. The van der Waals surface area contributed by atoms with Gasteiger partial charge in [0.25, 0.3) is 0 Å². The molecule has 0 aromatic heterocycles. The Morgan fingerprint density at radius 1 is 0.519 bits per heavy atom. The fourth-order valence-electron chi connectivity index (χ4n) is 1.10. The summed E-state index contributed by atoms with van der Waals surface area (Å²) in [5.41, 5.74) is -1.83. The van der Waals surface area contributed by atoms with Crippen molar-refractivity contribution in [2.24, 2.45) is 21.7 Å². The molecule has 0 aliphatic carbocycles. The van der Waals surface area contributed by atoms with Crippen molar-refractivity contribution in [1.82, 2.24) is 0 Å². The molecule has 0 saturated heterocycles. The van der Waals surface area contributed by atoms with Crippen LogP contribution in [0.2, 0.25) is 0 Å². The van der Waals surface area contributed by atoms with Crippen LogP contribution in [-0.4, -0.2) is 34.6 Å². The van der Waals surface area contributed by atoms with E-state index in [2.05, 4.69) is 0 Å². The van der Waals surface area contributed by atoms with E-state index in [4.69, 9.17) is 0 Å². The second kappa shape index (κ2) is 10.7. The van der Waals surface area contributed by atoms with Crippen LogP contribution in [0.5, 0.6) is 0 Å². The van der Waals surface area contributed by atoms with Gasteiger partial charge in [-0.25, -0.2) is 0 Å². The Kier molecular flexibility index (Phi) is 12.2. The van der Waals surface area contributed by atoms with Crippen LogP contribution in [0.4, 0.5) is 0 Å². The smallest absolute Gasteiger partial charge is 0.875 e. The molecular formula is C22H38MgO4. The summed E-state index contributed by atoms with van der Waals surface area (Å²) in [6, 6.07) is 0. The van der Waals surface area contributed by atoms with Crippen molar-refractivity contribution in [3.05, 3.63) is 23.7 Å². The maximum Gasteiger partial charge on any atom is 2.00 e. The minimum Gasteiger partial charge on any atom is -0.875 e. The molecule has 0 aromatic carbocycles. The second-order valence-corrected chi connectivity index (χ2v) is 10.7. The van der Waals surface area contributed by atoms with Gasteiger partial charge in [-0.15, -0.1) is 11.5 Å². The first-order valence-electron chi connectivity index (χ1n) is 8.97. The zero-order chi connectivity index (χ0) is 21.7. The van der Waals surface area contributed by atoms with Crippen molar-refractivity contribution >= 4 is 34.6 Å². The van der Waals surface area contributed by atoms with Gasteiger partial charge in [0, 0.05) is 10.8 Å². The topological polar surface area (TPSA) is 80.3 Å². The van der Waals surface area contributed by atoms with Crippen LogP contribution in [-0.2, 0) is 9.59 Å². The summed E-state index contributed by atoms with van der Waals surface area (Å²) in [4.78, 5) is 22.9. The van der Waals surface area contributed by atoms with Gasteiger partial charge in [-0.05, 0) is 23.0 Å². The van der Waals surface area contributed by atoms with Crippen LogP contribution in [0.25, 0.3) is 0 Å². The number of ketones is 2. The maximum atomic E-state index is 11.4. The Balaban J connectivity index is -0.000000411. The van der Waals surface area contributed by atoms with E-state index < -0.39 is 21.7 Å². The first kappa shape index (κ1) is 30.9. The van der Waals surface area contributed by atoms with Crippen LogP contribution in [0.1, 0.15) is 83.1 Å². The molecule has 0 aliphatic heterocycles. The molecule has 0 spiro atoms. The molecule has 5 heteroatoms. The molecule has 0 aliphatic rings. The minimum atomic E-state index is -0.457. The van der Waals surface area contributed by atoms with Gasteiger partial charge >= 0.3 is 23.1 Å². The van der Waals surface area contributed by atoms with Crippen LogP contribution in [0.3, 0.4) is 0 Å². The third-order valence-electron chi connectivity index (χ3n) is 3.48. The monoisotopic (exact) mass is 390 g/mol. The van der Waals surface area contributed by atoms with Gasteiger partial charge in [0.2, 0.25) is 0 Å². The van der Waals surface area contributed by atoms with Crippen LogP contribution < -0.4 is 10.2 Å². The summed E-state index contributed by atoms with van der Waals surface area (Å²) in [5, 5.41) is 22.9. The zero-order valence-corrected chi connectivity index (χ0v) is 20.9. The Hall–Kier alpha value is -0.814. The predicted molar refractivity (Wildman–Crippen MR) is 110 cm³/mol. The fourth-order valence-corrected chi connectivity index (χ4v) is 1.10. The van der Waals surface area contributed by atoms with E-state index in [0.717, 1.165) is 0 Å². The average molecular weight is 391 g/mol. The third kappa shape index (κ3) is 13.9. The van der Waals surface area contributed by atoms with Crippen molar-refractivity contribution in [2.75, 3.05) is 0 Å². The van der Waals surface area contributed by atoms with E-state index in [1.807, 2.05) is 83.1 Å². The molecule has 0 bridgehead atoms. The molecule has 0 atom stereocenters. The maximum absolute atomic E-state index is 11.4. The van der Waals surface area contributed by atoms with Gasteiger partial charge in [0.1, 0.15) is 0 Å². The van der Waals surface area contributed by atoms with Gasteiger partial charge < -0.3 is 10.2 Å². The van der Waals surface area contributed by atoms with Crippen molar-refractivity contribution in [3.8, 4) is 0 Å². The number of allylic oxidation sites excluding steroid dienone is 4. The molecule has 0 fully saturated rings. The van der Waals surface area contributed by atoms with Gasteiger partial charge in [-0.1, -0.05) is 83.1 Å². The van der Waals surface area contributed by atoms with Crippen molar-refractivity contribution in [3.63, 3.8) is 0 Å². The minimum absolute atomic E-state index is 0. The summed E-state index contributed by atoms with van der Waals surface area (Å²) in [6.07, 6.45) is 2.44. The van der Waals surface area contributed by atoms with Gasteiger partial charge in [0.15, 0.2) is 11.6 Å². The van der Waals surface area contributed by atoms with Crippen molar-refractivity contribution in [2.45, 2.75) is 83.1 Å². The van der Waals surface area contributed by atoms with E-state index in [-0.39, 0.29) is 46.1 Å². The van der Waals surface area contributed by atoms with E-state index >= 15 is 0 Å². The summed E-state index contributed by atoms with van der Waals surface area (Å²) in [5.74, 6) is -0.417. The molecule has 152 valence electrons. The zero-order valence-electron chi connectivity index (χ0n) is 19.5. The third-order valence-corrected chi connectivity index (χ3v) is 3.48. The predicted octanol–water partition coefficient (Wildman–Crippen LogP) is 3.40. The largest absolute Gasteiger partial charge is 2.00 e. The molecular weight excluding hydrogens is 353 g/mol. The van der Waals surface area contributed by atoms with E-state index in [1.54, 1.807) is 0 Å². The molecule has 0 unspecified atom stereocenters. The normalized spacial score (nSPS) is 13.9. The number of hydrogen-bond donors (Lipinski definition) is 0. The standard InChI is InChI=1S/2C11H20O2.Mg/c2*1-10(2,3)8(12)7-9(13)11(4,5)6;/h2*7,12H,1-6H3;/q;;+2/p-2/b8-7+;8-7-;. The summed E-state index contributed by atoms with van der Waals surface area (Å²) in [6.45, 7) is 21.7. The Bertz CT molecular complexity index is 505. The van der Waals surface area contributed by atoms with Crippen molar-refractivity contribution in [1.29, 1.82) is 0 Å². The first-order chi connectivity index (χ1) is 11.1. The van der Waals surface area contributed by atoms with E-state index in [1.165, 1.54) is 12.2 Å². The molecule has 0 rings (SSSR count). The second-order valence-electron chi connectivity index (χ2n) is 10.7. The van der Waals surface area contributed by atoms with Crippen LogP contribution in [0.15, 0.2) is 23.7 Å². The number of carbonyl (C=O) groups is 2. The van der Waals surface area contributed by atoms with Gasteiger partial charge in [-0.2, -0.15) is 0 Å². The molecule has 4 nitrogen and oxygen atoms in total. The average Bonchev–Trinajstić information content (AvgIpc) is 2.34. The van der Waals surface area contributed by atoms with Crippen LogP contribution in [0, 0.1) is 21.7 Å². The van der Waals surface area contributed by atoms with Crippen LogP contribution >= 0.6 is 0 Å². The number of hydrogen-bond acceptors (Lipinski definition) is 4. The number of carbonyl (C=O) groups excluding carboxylic acids is 2. The van der Waals surface area contributed by atoms with Crippen molar-refractivity contribution < 1.29 is 19.8 Å². The van der Waals surface area contributed by atoms with E-state index in [0.29, 0.717) is 0 Å². The molecule has 0 amide bonds. The molecule has 0 radical (unpaired) electrons. The molecule has 27 heavy (non-hydrogen) atoms. The molecule has 0 aromatic rings. The van der Waals surface area contributed by atoms with Gasteiger partial charge in [-0.3, -0.25) is 9.59 Å². The Morgan fingerprint density at radius 3 is 0.815 bits per heavy atom. The summed E-state index contributed by atoms with van der Waals surface area (Å²) in [7, 11) is 0. The summed E-state index contributed by atoms with van der Waals surface area (Å²) >= 11 is 0.